The SMILES string of the molecule is CC.CCC1CCCCC(C)C(=O)C2=C[C@H]3C4CCCC4C(C)=C[C@H]3C2CC(=O)O1.CN(C(=O)c1ccccc1)C1CCC(O)O1.CO. The molecule has 6 rings (SSSR count). The Bertz CT molecular complexity index is 1240. The first-order valence-corrected chi connectivity index (χ1v) is 18.4. The predicted molar refractivity (Wildman–Crippen MR) is 189 cm³/mol. The first kappa shape index (κ1) is 39.6. The van der Waals surface area contributed by atoms with Crippen molar-refractivity contribution >= 4 is 17.7 Å². The Labute approximate surface area is 289 Å². The number of ketones is 1. The molecule has 3 fully saturated rings. The molecule has 2 N–H and O–H groups in total. The zero-order chi connectivity index (χ0) is 35.4. The van der Waals surface area contributed by atoms with Gasteiger partial charge in [-0.1, -0.05) is 76.5 Å². The molecular weight excluding hydrogens is 606 g/mol. The maximum absolute atomic E-state index is 13.3. The van der Waals surface area contributed by atoms with E-state index in [2.05, 4.69) is 32.9 Å². The van der Waals surface area contributed by atoms with Gasteiger partial charge in [-0.05, 0) is 93.2 Å². The zero-order valence-corrected chi connectivity index (χ0v) is 30.4. The van der Waals surface area contributed by atoms with Gasteiger partial charge in [0.2, 0.25) is 0 Å². The van der Waals surface area contributed by atoms with Crippen molar-refractivity contribution < 1.29 is 34.1 Å². The number of benzene rings is 1. The van der Waals surface area contributed by atoms with Crippen molar-refractivity contribution in [2.45, 2.75) is 124 Å². The summed E-state index contributed by atoms with van der Waals surface area (Å²) in [5.74, 6) is 2.27. The number of hydrogen-bond donors (Lipinski definition) is 2. The molecule has 1 amide bonds. The van der Waals surface area contributed by atoms with Crippen molar-refractivity contribution in [3.63, 3.8) is 0 Å². The van der Waals surface area contributed by atoms with Gasteiger partial charge in [0.15, 0.2) is 12.1 Å². The topological polar surface area (TPSA) is 113 Å². The number of esters is 1. The fourth-order valence-corrected chi connectivity index (χ4v) is 8.31. The number of aliphatic hydroxyl groups is 2. The lowest BCUT2D eigenvalue weighted by Gasteiger charge is -2.37. The number of Topliss-reactive ketones (excluding diaryl/α,β-unsaturated/α-hetero) is 1. The summed E-state index contributed by atoms with van der Waals surface area (Å²) in [7, 11) is 2.69. The zero-order valence-electron chi connectivity index (χ0n) is 30.4. The second kappa shape index (κ2) is 19.4. The van der Waals surface area contributed by atoms with Crippen LogP contribution < -0.4 is 0 Å². The second-order valence-corrected chi connectivity index (χ2v) is 13.7. The molecule has 0 aromatic heterocycles. The minimum absolute atomic E-state index is 0.0147. The van der Waals surface area contributed by atoms with E-state index in [1.165, 1.54) is 29.7 Å². The lowest BCUT2D eigenvalue weighted by atomic mass is 9.67. The molecule has 2 saturated heterocycles. The highest BCUT2D eigenvalue weighted by molar-refractivity contribution is 5.98. The van der Waals surface area contributed by atoms with Gasteiger partial charge in [0.1, 0.15) is 12.3 Å². The largest absolute Gasteiger partial charge is 0.462 e. The van der Waals surface area contributed by atoms with Crippen LogP contribution in [0.4, 0.5) is 0 Å². The third-order valence-corrected chi connectivity index (χ3v) is 10.8. The van der Waals surface area contributed by atoms with Crippen molar-refractivity contribution in [3.8, 4) is 0 Å². The van der Waals surface area contributed by atoms with Gasteiger partial charge in [0.25, 0.3) is 5.91 Å². The molecule has 9 atom stereocenters. The molecule has 1 saturated carbocycles. The number of fused-ring (bicyclic) bond motifs is 5. The van der Waals surface area contributed by atoms with Crippen LogP contribution in [0.2, 0.25) is 0 Å². The monoisotopic (exact) mass is 667 g/mol. The van der Waals surface area contributed by atoms with Crippen LogP contribution in [-0.2, 0) is 19.1 Å². The number of rotatable bonds is 3. The van der Waals surface area contributed by atoms with Gasteiger partial charge >= 0.3 is 5.97 Å². The Hall–Kier alpha value is -2.81. The van der Waals surface area contributed by atoms with E-state index in [1.807, 2.05) is 32.0 Å². The Balaban J connectivity index is 0.000000266. The van der Waals surface area contributed by atoms with Gasteiger partial charge in [-0.25, -0.2) is 0 Å². The first-order chi connectivity index (χ1) is 23.2. The highest BCUT2D eigenvalue weighted by atomic mass is 16.6. The van der Waals surface area contributed by atoms with Crippen molar-refractivity contribution in [2.24, 2.45) is 35.5 Å². The number of carbonyl (C=O) groups is 3. The fraction of sp³-hybridized carbons (Fsp3) is 0.675. The van der Waals surface area contributed by atoms with Crippen molar-refractivity contribution in [1.29, 1.82) is 0 Å². The molecule has 48 heavy (non-hydrogen) atoms. The molecular formula is C40H61NO7. The van der Waals surface area contributed by atoms with Gasteiger partial charge in [-0.2, -0.15) is 0 Å². The third-order valence-electron chi connectivity index (χ3n) is 10.8. The van der Waals surface area contributed by atoms with E-state index in [0.717, 1.165) is 44.8 Å². The minimum atomic E-state index is -0.740. The molecule has 2 aliphatic heterocycles. The number of ether oxygens (including phenoxy) is 2. The van der Waals surface area contributed by atoms with Crippen LogP contribution in [0.3, 0.4) is 0 Å². The Morgan fingerprint density at radius 1 is 0.896 bits per heavy atom. The molecule has 3 aliphatic carbocycles. The highest BCUT2D eigenvalue weighted by Gasteiger charge is 2.49. The van der Waals surface area contributed by atoms with Gasteiger partial charge in [0, 0.05) is 38.0 Å². The Morgan fingerprint density at radius 3 is 2.23 bits per heavy atom. The maximum atomic E-state index is 13.3. The van der Waals surface area contributed by atoms with E-state index in [0.29, 0.717) is 54.3 Å². The van der Waals surface area contributed by atoms with E-state index >= 15 is 0 Å². The maximum Gasteiger partial charge on any atom is 0.306 e. The number of cyclic esters (lactones) is 1. The number of hydrogen-bond acceptors (Lipinski definition) is 7. The van der Waals surface area contributed by atoms with Crippen LogP contribution in [0.25, 0.3) is 0 Å². The van der Waals surface area contributed by atoms with Crippen LogP contribution in [0.5, 0.6) is 0 Å². The van der Waals surface area contributed by atoms with Crippen LogP contribution >= 0.6 is 0 Å². The summed E-state index contributed by atoms with van der Waals surface area (Å²) in [5.41, 5.74) is 3.07. The Kier molecular flexibility index (Phi) is 16.0. The average Bonchev–Trinajstić information content (AvgIpc) is 3.87. The summed E-state index contributed by atoms with van der Waals surface area (Å²) in [5, 5.41) is 16.2. The second-order valence-electron chi connectivity index (χ2n) is 13.7. The van der Waals surface area contributed by atoms with E-state index in [9.17, 15) is 19.5 Å². The van der Waals surface area contributed by atoms with E-state index in [4.69, 9.17) is 14.6 Å². The van der Waals surface area contributed by atoms with Gasteiger partial charge < -0.3 is 24.6 Å². The molecule has 5 aliphatic rings. The first-order valence-electron chi connectivity index (χ1n) is 18.4. The third kappa shape index (κ3) is 9.66. The minimum Gasteiger partial charge on any atom is -0.462 e. The van der Waals surface area contributed by atoms with Crippen molar-refractivity contribution in [3.05, 3.63) is 59.2 Å². The quantitative estimate of drug-likeness (QED) is 0.254. The molecule has 8 heteroatoms. The standard InChI is InChI=1S/C25H36O3.C12H15NO3.C2H6.CH4O/c1-4-17-9-6-5-8-15(2)25(27)23-13-21-19-11-7-10-18(19)16(3)12-20(21)22(23)14-24(26)28-17;1-13(10-7-8-11(14)16-10)12(15)9-5-3-2-4-6-9;2*1-2/h12-13,15,17-22H,4-11,14H2,1-3H3;2-6,10-11,14H,7-8H2,1H3;1-2H3;2H,1H3/t15?,17?,18?,19?,20-,21+,22?;;;/m1.../s1. The van der Waals surface area contributed by atoms with Gasteiger partial charge in [0.05, 0.1) is 6.42 Å². The van der Waals surface area contributed by atoms with E-state index in [1.54, 1.807) is 19.2 Å². The summed E-state index contributed by atoms with van der Waals surface area (Å²) < 4.78 is 11.1. The average molecular weight is 668 g/mol. The fourth-order valence-electron chi connectivity index (χ4n) is 8.31. The molecule has 0 spiro atoms. The lowest BCUT2D eigenvalue weighted by Crippen LogP contribution is -2.37. The van der Waals surface area contributed by atoms with Crippen LogP contribution in [0.1, 0.15) is 116 Å². The number of allylic oxidation sites excluding steroid dienone is 4. The molecule has 8 nitrogen and oxygen atoms in total. The number of aliphatic hydroxyl groups excluding tert-OH is 2. The molecule has 1 aromatic rings. The molecule has 2 heterocycles. The number of carbonyl (C=O) groups excluding carboxylic acids is 3. The van der Waals surface area contributed by atoms with Gasteiger partial charge in [-0.15, -0.1) is 0 Å². The summed E-state index contributed by atoms with van der Waals surface area (Å²) in [4.78, 5) is 39.7. The van der Waals surface area contributed by atoms with E-state index < -0.39 is 6.29 Å². The van der Waals surface area contributed by atoms with E-state index in [-0.39, 0.29) is 36.0 Å². The van der Waals surface area contributed by atoms with Crippen LogP contribution in [-0.4, -0.2) is 65.6 Å². The molecule has 7 unspecified atom stereocenters. The predicted octanol–water partition coefficient (Wildman–Crippen LogP) is 7.49. The summed E-state index contributed by atoms with van der Waals surface area (Å²) in [6.07, 6.45) is 14.0. The molecule has 1 aromatic carbocycles. The summed E-state index contributed by atoms with van der Waals surface area (Å²) in [6, 6.07) is 9.05. The summed E-state index contributed by atoms with van der Waals surface area (Å²) >= 11 is 0. The van der Waals surface area contributed by atoms with Crippen LogP contribution in [0, 0.1) is 35.5 Å². The normalized spacial score (nSPS) is 32.6. The smallest absolute Gasteiger partial charge is 0.306 e. The molecule has 268 valence electrons. The lowest BCUT2D eigenvalue weighted by molar-refractivity contribution is -0.151. The summed E-state index contributed by atoms with van der Waals surface area (Å²) in [6.45, 7) is 10.5. The van der Waals surface area contributed by atoms with Crippen molar-refractivity contribution in [1.82, 2.24) is 4.90 Å². The van der Waals surface area contributed by atoms with Crippen LogP contribution in [0.15, 0.2) is 53.6 Å². The molecule has 0 radical (unpaired) electrons. The molecule has 0 bridgehead atoms. The number of amides is 1. The Morgan fingerprint density at radius 2 is 1.58 bits per heavy atom. The van der Waals surface area contributed by atoms with Gasteiger partial charge in [-0.3, -0.25) is 14.4 Å². The highest BCUT2D eigenvalue weighted by Crippen LogP contribution is 2.55. The number of nitrogens with zero attached hydrogens (tertiary/aromatic N) is 1. The van der Waals surface area contributed by atoms with Crippen molar-refractivity contribution in [2.75, 3.05) is 14.2 Å².